The first kappa shape index (κ1) is 13.6. The van der Waals surface area contributed by atoms with Crippen LogP contribution in [0.4, 0.5) is 4.79 Å². The largest absolute Gasteiger partial charge is 0.475 e. The first-order valence-corrected chi connectivity index (χ1v) is 5.20. The molecule has 0 spiro atoms. The number of carbonyl (C=O) groups is 2. The summed E-state index contributed by atoms with van der Waals surface area (Å²) in [5, 5.41) is 13.7. The minimum atomic E-state index is -1.15. The van der Waals surface area contributed by atoms with Crippen LogP contribution in [0.15, 0.2) is 16.5 Å². The van der Waals surface area contributed by atoms with E-state index < -0.39 is 17.5 Å². The van der Waals surface area contributed by atoms with Gasteiger partial charge in [0.05, 0.1) is 12.1 Å². The maximum absolute atomic E-state index is 11.5. The second-order valence-corrected chi connectivity index (χ2v) is 4.15. The van der Waals surface area contributed by atoms with Crippen molar-refractivity contribution in [3.63, 3.8) is 0 Å². The number of nitrogens with one attached hydrogen (secondary N) is 2. The lowest BCUT2D eigenvalue weighted by Crippen LogP contribution is -2.47. The molecule has 6 nitrogen and oxygen atoms in total. The third kappa shape index (κ3) is 3.87. The summed E-state index contributed by atoms with van der Waals surface area (Å²) in [7, 11) is 0. The first-order valence-electron chi connectivity index (χ1n) is 5.20. The first-order chi connectivity index (χ1) is 8.34. The Balaban J connectivity index is 2.48. The Labute approximate surface area is 104 Å². The Morgan fingerprint density at radius 3 is 2.67 bits per heavy atom. The van der Waals surface area contributed by atoms with E-state index in [1.54, 1.807) is 13.8 Å². The highest BCUT2D eigenvalue weighted by Crippen LogP contribution is 2.07. The van der Waals surface area contributed by atoms with Crippen molar-refractivity contribution in [2.45, 2.75) is 25.9 Å². The molecule has 3 N–H and O–H groups in total. The third-order valence-corrected chi connectivity index (χ3v) is 2.08. The molecule has 6 heteroatoms. The molecule has 0 radical (unpaired) electrons. The van der Waals surface area contributed by atoms with Crippen LogP contribution in [0, 0.1) is 12.3 Å². The van der Waals surface area contributed by atoms with Gasteiger partial charge in [0.15, 0.2) is 0 Å². The molecule has 1 aromatic heterocycles. The molecule has 0 saturated heterocycles. The van der Waals surface area contributed by atoms with Crippen LogP contribution in [0.25, 0.3) is 0 Å². The maximum Gasteiger partial charge on any atom is 0.371 e. The van der Waals surface area contributed by atoms with Gasteiger partial charge < -0.3 is 20.2 Å². The van der Waals surface area contributed by atoms with Gasteiger partial charge in [0.1, 0.15) is 5.76 Å². The number of terminal acetylenes is 1. The van der Waals surface area contributed by atoms with Gasteiger partial charge in [-0.1, -0.05) is 5.92 Å². The summed E-state index contributed by atoms with van der Waals surface area (Å²) >= 11 is 0. The van der Waals surface area contributed by atoms with Gasteiger partial charge in [-0.15, -0.1) is 6.42 Å². The molecule has 0 aliphatic heterocycles. The monoisotopic (exact) mass is 250 g/mol. The van der Waals surface area contributed by atoms with Gasteiger partial charge in [-0.2, -0.15) is 0 Å². The molecule has 18 heavy (non-hydrogen) atoms. The summed E-state index contributed by atoms with van der Waals surface area (Å²) in [5.74, 6) is 1.44. The average Bonchev–Trinajstić information content (AvgIpc) is 2.74. The number of carbonyl (C=O) groups excluding carboxylic acids is 1. The van der Waals surface area contributed by atoms with Crippen molar-refractivity contribution in [3.8, 4) is 12.3 Å². The van der Waals surface area contributed by atoms with Crippen molar-refractivity contribution in [1.82, 2.24) is 10.6 Å². The van der Waals surface area contributed by atoms with Gasteiger partial charge >= 0.3 is 12.0 Å². The number of urea groups is 1. The van der Waals surface area contributed by atoms with Gasteiger partial charge in [-0.3, -0.25) is 0 Å². The quantitative estimate of drug-likeness (QED) is 0.700. The highest BCUT2D eigenvalue weighted by atomic mass is 16.4. The molecule has 0 bridgehead atoms. The van der Waals surface area contributed by atoms with E-state index in [1.165, 1.54) is 12.1 Å². The Bertz CT molecular complexity index is 496. The SMILES string of the molecule is C#CC(C)(C)NC(=O)NCc1ccc(C(=O)O)o1. The zero-order valence-corrected chi connectivity index (χ0v) is 10.1. The van der Waals surface area contributed by atoms with Crippen LogP contribution in [0.3, 0.4) is 0 Å². The third-order valence-electron chi connectivity index (χ3n) is 2.08. The zero-order chi connectivity index (χ0) is 13.8. The molecule has 0 atom stereocenters. The highest BCUT2D eigenvalue weighted by molar-refractivity contribution is 5.84. The van der Waals surface area contributed by atoms with E-state index in [1.807, 2.05) is 0 Å². The number of rotatable bonds is 4. The number of furan rings is 1. The molecule has 96 valence electrons. The van der Waals surface area contributed by atoms with Crippen molar-refractivity contribution < 1.29 is 19.1 Å². The Morgan fingerprint density at radius 1 is 1.50 bits per heavy atom. The Kier molecular flexibility index (Phi) is 4.00. The highest BCUT2D eigenvalue weighted by Gasteiger charge is 2.17. The normalized spacial score (nSPS) is 10.5. The molecule has 1 aromatic rings. The zero-order valence-electron chi connectivity index (χ0n) is 10.1. The lowest BCUT2D eigenvalue weighted by Gasteiger charge is -2.19. The summed E-state index contributed by atoms with van der Waals surface area (Å²) < 4.78 is 4.97. The van der Waals surface area contributed by atoms with Crippen LogP contribution >= 0.6 is 0 Å². The molecule has 0 fully saturated rings. The van der Waals surface area contributed by atoms with Gasteiger partial charge in [0.2, 0.25) is 5.76 Å². The summed E-state index contributed by atoms with van der Waals surface area (Å²) in [5.41, 5.74) is -0.751. The molecule has 0 aromatic carbocycles. The number of carboxylic acid groups (broad SMARTS) is 1. The van der Waals surface area contributed by atoms with Crippen molar-refractivity contribution in [1.29, 1.82) is 0 Å². The summed E-state index contributed by atoms with van der Waals surface area (Å²) in [4.78, 5) is 22.0. The van der Waals surface area contributed by atoms with Gasteiger partial charge in [0.25, 0.3) is 0 Å². The Hall–Kier alpha value is -2.42. The number of hydrogen-bond donors (Lipinski definition) is 3. The molecule has 0 saturated carbocycles. The molecule has 0 unspecified atom stereocenters. The van der Waals surface area contributed by atoms with E-state index >= 15 is 0 Å². The molecule has 0 aliphatic rings. The van der Waals surface area contributed by atoms with Crippen LogP contribution in [0.5, 0.6) is 0 Å². The predicted octanol–water partition coefficient (Wildman–Crippen LogP) is 1.19. The van der Waals surface area contributed by atoms with E-state index in [2.05, 4.69) is 16.6 Å². The van der Waals surface area contributed by atoms with E-state index in [0.29, 0.717) is 5.76 Å². The molecule has 2 amide bonds. The lowest BCUT2D eigenvalue weighted by atomic mass is 10.1. The summed E-state index contributed by atoms with van der Waals surface area (Å²) in [6.45, 7) is 3.45. The van der Waals surface area contributed by atoms with Crippen LogP contribution in [0.2, 0.25) is 0 Å². The average molecular weight is 250 g/mol. The van der Waals surface area contributed by atoms with Crippen molar-refractivity contribution in [2.75, 3.05) is 0 Å². The van der Waals surface area contributed by atoms with Crippen LogP contribution in [-0.4, -0.2) is 22.6 Å². The smallest absolute Gasteiger partial charge is 0.371 e. The van der Waals surface area contributed by atoms with Gasteiger partial charge in [-0.25, -0.2) is 9.59 Å². The van der Waals surface area contributed by atoms with Crippen molar-refractivity contribution in [2.24, 2.45) is 0 Å². The van der Waals surface area contributed by atoms with Crippen LogP contribution < -0.4 is 10.6 Å². The number of aromatic carboxylic acids is 1. The summed E-state index contributed by atoms with van der Waals surface area (Å²) in [6, 6.07) is 2.35. The molecule has 0 aliphatic carbocycles. The van der Waals surface area contributed by atoms with Gasteiger partial charge in [-0.05, 0) is 26.0 Å². The van der Waals surface area contributed by atoms with E-state index in [-0.39, 0.29) is 12.3 Å². The topological polar surface area (TPSA) is 91.6 Å². The molecular formula is C12H14N2O4. The van der Waals surface area contributed by atoms with Crippen LogP contribution in [-0.2, 0) is 6.54 Å². The molecule has 1 rings (SSSR count). The number of hydrogen-bond acceptors (Lipinski definition) is 3. The molecule has 1 heterocycles. The second-order valence-electron chi connectivity index (χ2n) is 4.15. The summed E-state index contributed by atoms with van der Waals surface area (Å²) in [6.07, 6.45) is 5.22. The van der Waals surface area contributed by atoms with E-state index in [9.17, 15) is 9.59 Å². The standard InChI is InChI=1S/C12H14N2O4/c1-4-12(2,3)14-11(17)13-7-8-5-6-9(18-8)10(15)16/h1,5-6H,7H2,2-3H3,(H,15,16)(H2,13,14,17). The predicted molar refractivity (Wildman–Crippen MR) is 64.0 cm³/mol. The fourth-order valence-corrected chi connectivity index (χ4v) is 1.12. The minimum absolute atomic E-state index is 0.0831. The fraction of sp³-hybridized carbons (Fsp3) is 0.333. The maximum atomic E-state index is 11.5. The Morgan fingerprint density at radius 2 is 2.17 bits per heavy atom. The number of carboxylic acids is 1. The van der Waals surface area contributed by atoms with Gasteiger partial charge in [0, 0.05) is 0 Å². The van der Waals surface area contributed by atoms with Crippen molar-refractivity contribution >= 4 is 12.0 Å². The van der Waals surface area contributed by atoms with E-state index in [4.69, 9.17) is 15.9 Å². The lowest BCUT2D eigenvalue weighted by molar-refractivity contribution is 0.0660. The molecular weight excluding hydrogens is 236 g/mol. The number of amides is 2. The van der Waals surface area contributed by atoms with E-state index in [0.717, 1.165) is 0 Å². The fourth-order valence-electron chi connectivity index (χ4n) is 1.12. The van der Waals surface area contributed by atoms with Crippen LogP contribution in [0.1, 0.15) is 30.2 Å². The minimum Gasteiger partial charge on any atom is -0.475 e. The second kappa shape index (κ2) is 5.27. The van der Waals surface area contributed by atoms with Crippen molar-refractivity contribution in [3.05, 3.63) is 23.7 Å².